The van der Waals surface area contributed by atoms with Crippen molar-refractivity contribution in [2.75, 3.05) is 7.11 Å². The van der Waals surface area contributed by atoms with Crippen molar-refractivity contribution in [3.05, 3.63) is 23.8 Å². The Bertz CT molecular complexity index is 202. The highest BCUT2D eigenvalue weighted by molar-refractivity contribution is 5.87. The van der Waals surface area contributed by atoms with Gasteiger partial charge in [0.2, 0.25) is 0 Å². The lowest BCUT2D eigenvalue weighted by Gasteiger charge is -1.95. The smallest absolute Gasteiger partial charge is 0.333 e. The summed E-state index contributed by atoms with van der Waals surface area (Å²) in [5.41, 5.74) is 0.634. The van der Waals surface area contributed by atoms with E-state index in [2.05, 4.69) is 17.7 Å². The first-order valence-corrected chi connectivity index (χ1v) is 4.64. The molecule has 0 spiro atoms. The highest BCUT2D eigenvalue weighted by Gasteiger charge is 1.99. The zero-order chi connectivity index (χ0) is 10.1. The van der Waals surface area contributed by atoms with Crippen LogP contribution in [0, 0.1) is 0 Å². The third kappa shape index (κ3) is 6.14. The molecule has 0 radical (unpaired) electrons. The molecule has 2 nitrogen and oxygen atoms in total. The van der Waals surface area contributed by atoms with Crippen molar-refractivity contribution in [1.82, 2.24) is 0 Å². The number of allylic oxidation sites excluding steroid dienone is 3. The number of carbonyl (C=O) groups excluding carboxylic acids is 1. The molecule has 0 unspecified atom stereocenters. The van der Waals surface area contributed by atoms with Gasteiger partial charge in [-0.05, 0) is 13.3 Å². The van der Waals surface area contributed by atoms with Gasteiger partial charge in [-0.25, -0.2) is 4.79 Å². The summed E-state index contributed by atoms with van der Waals surface area (Å²) >= 11 is 0. The first-order chi connectivity index (χ1) is 6.22. The van der Waals surface area contributed by atoms with E-state index in [0.29, 0.717) is 5.57 Å². The van der Waals surface area contributed by atoms with E-state index in [1.54, 1.807) is 13.0 Å². The maximum atomic E-state index is 10.9. The molecule has 0 aliphatic heterocycles. The third-order valence-corrected chi connectivity index (χ3v) is 1.71. The van der Waals surface area contributed by atoms with E-state index >= 15 is 0 Å². The van der Waals surface area contributed by atoms with E-state index in [4.69, 9.17) is 0 Å². The summed E-state index contributed by atoms with van der Waals surface area (Å²) in [5.74, 6) is -0.264. The fourth-order valence-electron chi connectivity index (χ4n) is 0.860. The second-order valence-electron chi connectivity index (χ2n) is 2.91. The Hall–Kier alpha value is -1.05. The molecule has 0 N–H and O–H groups in total. The van der Waals surface area contributed by atoms with Gasteiger partial charge in [0, 0.05) is 5.57 Å². The van der Waals surface area contributed by atoms with Crippen LogP contribution in [0.2, 0.25) is 0 Å². The Morgan fingerprint density at radius 2 is 2.15 bits per heavy atom. The van der Waals surface area contributed by atoms with E-state index in [1.807, 2.05) is 6.08 Å². The highest BCUT2D eigenvalue weighted by atomic mass is 16.5. The Kier molecular flexibility index (Phi) is 6.98. The van der Waals surface area contributed by atoms with Gasteiger partial charge in [-0.15, -0.1) is 0 Å². The lowest BCUT2D eigenvalue weighted by atomic mass is 10.2. The van der Waals surface area contributed by atoms with Crippen LogP contribution in [0.25, 0.3) is 0 Å². The molecular formula is C11H18O2. The topological polar surface area (TPSA) is 26.3 Å². The number of rotatable bonds is 5. The van der Waals surface area contributed by atoms with Crippen LogP contribution < -0.4 is 0 Å². The zero-order valence-electron chi connectivity index (χ0n) is 8.67. The molecule has 0 aromatic rings. The molecule has 0 bridgehead atoms. The second kappa shape index (κ2) is 7.59. The van der Waals surface area contributed by atoms with Gasteiger partial charge in [0.15, 0.2) is 0 Å². The van der Waals surface area contributed by atoms with E-state index < -0.39 is 0 Å². The minimum atomic E-state index is -0.264. The first kappa shape index (κ1) is 11.9. The molecule has 2 heteroatoms. The van der Waals surface area contributed by atoms with Gasteiger partial charge in [0.25, 0.3) is 0 Å². The van der Waals surface area contributed by atoms with E-state index in [1.165, 1.54) is 20.0 Å². The largest absolute Gasteiger partial charge is 0.466 e. The minimum Gasteiger partial charge on any atom is -0.466 e. The minimum absolute atomic E-state index is 0.264. The summed E-state index contributed by atoms with van der Waals surface area (Å²) in [6, 6.07) is 0. The monoisotopic (exact) mass is 182 g/mol. The number of hydrogen-bond acceptors (Lipinski definition) is 2. The van der Waals surface area contributed by atoms with Crippen LogP contribution in [0.5, 0.6) is 0 Å². The average Bonchev–Trinajstić information content (AvgIpc) is 2.16. The normalized spacial score (nSPS) is 12.1. The molecule has 0 saturated heterocycles. The Morgan fingerprint density at radius 1 is 1.46 bits per heavy atom. The maximum absolute atomic E-state index is 10.9. The van der Waals surface area contributed by atoms with Crippen molar-refractivity contribution >= 4 is 5.97 Å². The van der Waals surface area contributed by atoms with Crippen LogP contribution in [0.1, 0.15) is 33.1 Å². The van der Waals surface area contributed by atoms with Crippen LogP contribution in [0.4, 0.5) is 0 Å². The molecule has 0 saturated carbocycles. The molecule has 13 heavy (non-hydrogen) atoms. The SMILES string of the molecule is CCCCC=CC=C(C)C(=O)OC. The molecule has 0 aromatic carbocycles. The Morgan fingerprint density at radius 3 is 2.69 bits per heavy atom. The molecule has 0 heterocycles. The first-order valence-electron chi connectivity index (χ1n) is 4.64. The number of hydrogen-bond donors (Lipinski definition) is 0. The third-order valence-electron chi connectivity index (χ3n) is 1.71. The molecule has 0 aliphatic rings. The molecule has 0 fully saturated rings. The van der Waals surface area contributed by atoms with Crippen LogP contribution in [-0.2, 0) is 9.53 Å². The van der Waals surface area contributed by atoms with E-state index in [0.717, 1.165) is 6.42 Å². The quantitative estimate of drug-likeness (QED) is 0.283. The summed E-state index contributed by atoms with van der Waals surface area (Å²) < 4.78 is 4.55. The maximum Gasteiger partial charge on any atom is 0.333 e. The predicted octanol–water partition coefficient (Wildman–Crippen LogP) is 2.85. The van der Waals surface area contributed by atoms with Crippen molar-refractivity contribution in [3.63, 3.8) is 0 Å². The lowest BCUT2D eigenvalue weighted by Crippen LogP contribution is -2.00. The fraction of sp³-hybridized carbons (Fsp3) is 0.545. The number of esters is 1. The van der Waals surface area contributed by atoms with Gasteiger partial charge >= 0.3 is 5.97 Å². The fourth-order valence-corrected chi connectivity index (χ4v) is 0.860. The predicted molar refractivity (Wildman–Crippen MR) is 54.4 cm³/mol. The van der Waals surface area contributed by atoms with E-state index in [9.17, 15) is 4.79 Å². The van der Waals surface area contributed by atoms with Gasteiger partial charge in [-0.2, -0.15) is 0 Å². The molecule has 0 aromatic heterocycles. The number of carbonyl (C=O) groups is 1. The molecular weight excluding hydrogens is 164 g/mol. The molecule has 74 valence electrons. The van der Waals surface area contributed by atoms with Gasteiger partial charge < -0.3 is 4.74 Å². The Labute approximate surface area is 80.3 Å². The Balaban J connectivity index is 3.82. The summed E-state index contributed by atoms with van der Waals surface area (Å²) in [4.78, 5) is 10.9. The number of unbranched alkanes of at least 4 members (excludes halogenated alkanes) is 2. The van der Waals surface area contributed by atoms with Crippen molar-refractivity contribution < 1.29 is 9.53 Å². The molecule has 0 atom stereocenters. The van der Waals surface area contributed by atoms with Gasteiger partial charge in [0.05, 0.1) is 7.11 Å². The summed E-state index contributed by atoms with van der Waals surface area (Å²) in [7, 11) is 1.39. The van der Waals surface area contributed by atoms with Crippen LogP contribution >= 0.6 is 0 Å². The van der Waals surface area contributed by atoms with Crippen LogP contribution in [0.3, 0.4) is 0 Å². The van der Waals surface area contributed by atoms with Gasteiger partial charge in [-0.3, -0.25) is 0 Å². The lowest BCUT2D eigenvalue weighted by molar-refractivity contribution is -0.136. The molecule has 0 rings (SSSR count). The van der Waals surface area contributed by atoms with Gasteiger partial charge in [0.1, 0.15) is 0 Å². The summed E-state index contributed by atoms with van der Waals surface area (Å²) in [5, 5.41) is 0. The standard InChI is InChI=1S/C11H18O2/c1-4-5-6-7-8-9-10(2)11(12)13-3/h7-9H,4-6H2,1-3H3. The highest BCUT2D eigenvalue weighted by Crippen LogP contribution is 1.98. The zero-order valence-corrected chi connectivity index (χ0v) is 8.67. The summed E-state index contributed by atoms with van der Waals surface area (Å²) in [6.45, 7) is 3.90. The van der Waals surface area contributed by atoms with Crippen molar-refractivity contribution in [3.8, 4) is 0 Å². The van der Waals surface area contributed by atoms with Crippen LogP contribution in [0.15, 0.2) is 23.8 Å². The second-order valence-corrected chi connectivity index (χ2v) is 2.91. The van der Waals surface area contributed by atoms with Gasteiger partial charge in [-0.1, -0.05) is 38.0 Å². The van der Waals surface area contributed by atoms with Crippen LogP contribution in [-0.4, -0.2) is 13.1 Å². The van der Waals surface area contributed by atoms with Crippen molar-refractivity contribution in [1.29, 1.82) is 0 Å². The number of ether oxygens (including phenoxy) is 1. The molecule has 0 amide bonds. The van der Waals surface area contributed by atoms with E-state index in [-0.39, 0.29) is 5.97 Å². The van der Waals surface area contributed by atoms with Crippen molar-refractivity contribution in [2.45, 2.75) is 33.1 Å². The number of methoxy groups -OCH3 is 1. The average molecular weight is 182 g/mol. The summed E-state index contributed by atoms with van der Waals surface area (Å²) in [6.07, 6.45) is 9.21. The molecule has 0 aliphatic carbocycles. The van der Waals surface area contributed by atoms with Crippen molar-refractivity contribution in [2.24, 2.45) is 0 Å².